The van der Waals surface area contributed by atoms with Gasteiger partial charge in [0, 0.05) is 16.8 Å². The van der Waals surface area contributed by atoms with E-state index in [1.807, 2.05) is 34.6 Å². The summed E-state index contributed by atoms with van der Waals surface area (Å²) in [5.74, 6) is -0.274. The summed E-state index contributed by atoms with van der Waals surface area (Å²) in [6.45, 7) is 9.77. The maximum atomic E-state index is 12.1. The first-order valence-electron chi connectivity index (χ1n) is 7.65. The van der Waals surface area contributed by atoms with E-state index in [9.17, 15) is 9.59 Å². The molecule has 1 rings (SSSR count). The summed E-state index contributed by atoms with van der Waals surface area (Å²) in [5, 5.41) is 5.72. The number of benzene rings is 1. The maximum Gasteiger partial charge on any atom is 0.251 e. The van der Waals surface area contributed by atoms with Gasteiger partial charge in [-0.3, -0.25) is 9.59 Å². The average molecular weight is 305 g/mol. The summed E-state index contributed by atoms with van der Waals surface area (Å²) in [7, 11) is 0. The molecule has 1 atom stereocenters. The summed E-state index contributed by atoms with van der Waals surface area (Å²) in [4.78, 5) is 24.0. The van der Waals surface area contributed by atoms with Crippen LogP contribution in [0.5, 0.6) is 0 Å². The van der Waals surface area contributed by atoms with E-state index >= 15 is 0 Å². The van der Waals surface area contributed by atoms with Crippen LogP contribution >= 0.6 is 0 Å². The lowest BCUT2D eigenvalue weighted by Gasteiger charge is -2.24. The summed E-state index contributed by atoms with van der Waals surface area (Å²) in [6, 6.07) is 6.25. The Morgan fingerprint density at radius 2 is 1.73 bits per heavy atom. The summed E-state index contributed by atoms with van der Waals surface area (Å²) >= 11 is 0. The van der Waals surface area contributed by atoms with Gasteiger partial charge in [-0.25, -0.2) is 0 Å². The van der Waals surface area contributed by atoms with Crippen LogP contribution in [-0.4, -0.2) is 23.4 Å². The number of hydrogen-bond donors (Lipinski definition) is 3. The Hall–Kier alpha value is -1.88. The molecule has 5 nitrogen and oxygen atoms in total. The molecule has 0 aliphatic carbocycles. The summed E-state index contributed by atoms with van der Waals surface area (Å²) in [5.41, 5.74) is 6.75. The topological polar surface area (TPSA) is 84.2 Å². The summed E-state index contributed by atoms with van der Waals surface area (Å²) < 4.78 is 0. The lowest BCUT2D eigenvalue weighted by atomic mass is 10.0. The Morgan fingerprint density at radius 1 is 1.18 bits per heavy atom. The number of carbonyl (C=O) groups is 2. The van der Waals surface area contributed by atoms with Gasteiger partial charge in [-0.15, -0.1) is 0 Å². The van der Waals surface area contributed by atoms with Gasteiger partial charge in [-0.1, -0.05) is 20.8 Å². The van der Waals surface area contributed by atoms with Gasteiger partial charge in [0.05, 0.1) is 6.04 Å². The van der Waals surface area contributed by atoms with Crippen molar-refractivity contribution in [1.82, 2.24) is 5.32 Å². The molecule has 2 amide bonds. The number of nitrogens with one attached hydrogen (secondary N) is 2. The third-order valence-electron chi connectivity index (χ3n) is 3.77. The number of amides is 2. The van der Waals surface area contributed by atoms with E-state index in [1.165, 1.54) is 0 Å². The van der Waals surface area contributed by atoms with E-state index in [0.29, 0.717) is 11.3 Å². The Kier molecular flexibility index (Phi) is 6.11. The van der Waals surface area contributed by atoms with Crippen LogP contribution < -0.4 is 16.4 Å². The van der Waals surface area contributed by atoms with Crippen molar-refractivity contribution in [2.24, 2.45) is 11.7 Å². The number of hydrogen-bond acceptors (Lipinski definition) is 3. The molecule has 0 saturated heterocycles. The van der Waals surface area contributed by atoms with Crippen molar-refractivity contribution in [3.05, 3.63) is 29.8 Å². The van der Waals surface area contributed by atoms with Gasteiger partial charge in [0.2, 0.25) is 5.91 Å². The molecule has 4 N–H and O–H groups in total. The van der Waals surface area contributed by atoms with Crippen LogP contribution in [-0.2, 0) is 4.79 Å². The van der Waals surface area contributed by atoms with Crippen molar-refractivity contribution >= 4 is 17.5 Å². The SMILES string of the molecule is CCC(C)(C)NC(=O)c1ccc(NC(=O)[C@@H](N)C(C)C)cc1. The van der Waals surface area contributed by atoms with Crippen molar-refractivity contribution in [3.8, 4) is 0 Å². The van der Waals surface area contributed by atoms with Crippen molar-refractivity contribution in [2.75, 3.05) is 5.32 Å². The predicted molar refractivity (Wildman–Crippen MR) is 89.7 cm³/mol. The van der Waals surface area contributed by atoms with Gasteiger partial charge in [0.15, 0.2) is 0 Å². The third-order valence-corrected chi connectivity index (χ3v) is 3.77. The Bertz CT molecular complexity index is 521. The Balaban J connectivity index is 2.71. The van der Waals surface area contributed by atoms with Crippen molar-refractivity contribution in [2.45, 2.75) is 52.6 Å². The molecule has 0 spiro atoms. The van der Waals surface area contributed by atoms with E-state index in [4.69, 9.17) is 5.73 Å². The lowest BCUT2D eigenvalue weighted by molar-refractivity contribution is -0.118. The molecule has 22 heavy (non-hydrogen) atoms. The monoisotopic (exact) mass is 305 g/mol. The molecule has 0 saturated carbocycles. The van der Waals surface area contributed by atoms with Gasteiger partial charge >= 0.3 is 0 Å². The number of anilines is 1. The van der Waals surface area contributed by atoms with E-state index in [-0.39, 0.29) is 23.3 Å². The highest BCUT2D eigenvalue weighted by atomic mass is 16.2. The van der Waals surface area contributed by atoms with Crippen LogP contribution in [0, 0.1) is 5.92 Å². The maximum absolute atomic E-state index is 12.1. The van der Waals surface area contributed by atoms with Crippen LogP contribution in [0.2, 0.25) is 0 Å². The molecule has 0 aliphatic rings. The molecule has 0 aliphatic heterocycles. The molecule has 0 unspecified atom stereocenters. The Morgan fingerprint density at radius 3 is 2.18 bits per heavy atom. The van der Waals surface area contributed by atoms with E-state index in [2.05, 4.69) is 10.6 Å². The van der Waals surface area contributed by atoms with Gasteiger partial charge in [0.1, 0.15) is 0 Å². The zero-order valence-electron chi connectivity index (χ0n) is 14.1. The van der Waals surface area contributed by atoms with E-state index in [0.717, 1.165) is 6.42 Å². The van der Waals surface area contributed by atoms with Crippen LogP contribution in [0.25, 0.3) is 0 Å². The molecule has 0 aromatic heterocycles. The Labute approximate surface area is 132 Å². The first kappa shape index (κ1) is 18.2. The third kappa shape index (κ3) is 5.15. The van der Waals surface area contributed by atoms with E-state index in [1.54, 1.807) is 24.3 Å². The molecule has 0 bridgehead atoms. The van der Waals surface area contributed by atoms with Crippen LogP contribution in [0.4, 0.5) is 5.69 Å². The van der Waals surface area contributed by atoms with Crippen molar-refractivity contribution in [3.63, 3.8) is 0 Å². The second-order valence-electron chi connectivity index (χ2n) is 6.53. The molecule has 0 heterocycles. The standard InChI is InChI=1S/C17H27N3O2/c1-6-17(4,5)20-15(21)12-7-9-13(10-8-12)19-16(22)14(18)11(2)3/h7-11,14H,6,18H2,1-5H3,(H,19,22)(H,20,21)/t14-/m0/s1. The lowest BCUT2D eigenvalue weighted by Crippen LogP contribution is -2.42. The zero-order chi connectivity index (χ0) is 16.9. The molecule has 0 radical (unpaired) electrons. The van der Waals surface area contributed by atoms with Crippen LogP contribution in [0.1, 0.15) is 51.4 Å². The van der Waals surface area contributed by atoms with Crippen LogP contribution in [0.3, 0.4) is 0 Å². The average Bonchev–Trinajstić information content (AvgIpc) is 2.46. The highest BCUT2D eigenvalue weighted by Gasteiger charge is 2.19. The van der Waals surface area contributed by atoms with Crippen molar-refractivity contribution in [1.29, 1.82) is 0 Å². The number of carbonyl (C=O) groups excluding carboxylic acids is 2. The smallest absolute Gasteiger partial charge is 0.251 e. The molecular weight excluding hydrogens is 278 g/mol. The van der Waals surface area contributed by atoms with Crippen LogP contribution in [0.15, 0.2) is 24.3 Å². The molecule has 122 valence electrons. The molecule has 5 heteroatoms. The minimum absolute atomic E-state index is 0.0707. The fourth-order valence-electron chi connectivity index (χ4n) is 1.70. The van der Waals surface area contributed by atoms with E-state index < -0.39 is 6.04 Å². The quantitative estimate of drug-likeness (QED) is 0.755. The largest absolute Gasteiger partial charge is 0.347 e. The summed E-state index contributed by atoms with van der Waals surface area (Å²) in [6.07, 6.45) is 0.847. The highest BCUT2D eigenvalue weighted by molar-refractivity contribution is 5.97. The minimum atomic E-state index is -0.548. The van der Waals surface area contributed by atoms with Gasteiger partial charge < -0.3 is 16.4 Å². The normalized spacial score (nSPS) is 12.9. The van der Waals surface area contributed by atoms with Crippen molar-refractivity contribution < 1.29 is 9.59 Å². The first-order chi connectivity index (χ1) is 10.2. The highest BCUT2D eigenvalue weighted by Crippen LogP contribution is 2.13. The number of rotatable bonds is 6. The fourth-order valence-corrected chi connectivity index (χ4v) is 1.70. The van der Waals surface area contributed by atoms with Gasteiger partial charge in [0.25, 0.3) is 5.91 Å². The number of nitrogens with two attached hydrogens (primary N) is 1. The predicted octanol–water partition coefficient (Wildman–Crippen LogP) is 2.53. The van der Waals surface area contributed by atoms with Gasteiger partial charge in [-0.2, -0.15) is 0 Å². The fraction of sp³-hybridized carbons (Fsp3) is 0.529. The second kappa shape index (κ2) is 7.40. The molecular formula is C17H27N3O2. The molecule has 1 aromatic rings. The molecule has 0 fully saturated rings. The second-order valence-corrected chi connectivity index (χ2v) is 6.53. The molecule has 1 aromatic carbocycles. The minimum Gasteiger partial charge on any atom is -0.347 e. The zero-order valence-corrected chi connectivity index (χ0v) is 14.1. The van der Waals surface area contributed by atoms with Gasteiger partial charge in [-0.05, 0) is 50.5 Å². The first-order valence-corrected chi connectivity index (χ1v) is 7.65.